The zero-order valence-electron chi connectivity index (χ0n) is 15.3. The van der Waals surface area contributed by atoms with Crippen LogP contribution in [0, 0.1) is 5.92 Å². The van der Waals surface area contributed by atoms with E-state index in [1.165, 1.54) is 24.8 Å². The zero-order valence-corrected chi connectivity index (χ0v) is 16.2. The number of hydrogen-bond acceptors (Lipinski definition) is 3. The van der Waals surface area contributed by atoms with Gasteiger partial charge in [-0.2, -0.15) is 11.8 Å². The summed E-state index contributed by atoms with van der Waals surface area (Å²) >= 11 is 1.69. The number of carbonyl (C=O) groups excluding carboxylic acids is 2. The van der Waals surface area contributed by atoms with Gasteiger partial charge in [-0.1, -0.05) is 56.5 Å². The molecule has 2 rings (SSSR count). The van der Waals surface area contributed by atoms with E-state index in [4.69, 9.17) is 0 Å². The van der Waals surface area contributed by atoms with Crippen LogP contribution >= 0.6 is 11.8 Å². The van der Waals surface area contributed by atoms with Crippen molar-refractivity contribution in [1.29, 1.82) is 0 Å². The summed E-state index contributed by atoms with van der Waals surface area (Å²) in [4.78, 5) is 24.8. The van der Waals surface area contributed by atoms with Crippen molar-refractivity contribution in [3.63, 3.8) is 0 Å². The third-order valence-corrected chi connectivity index (χ3v) is 5.87. The van der Waals surface area contributed by atoms with Crippen molar-refractivity contribution < 1.29 is 9.59 Å². The highest BCUT2D eigenvalue weighted by Gasteiger charge is 2.30. The first-order chi connectivity index (χ1) is 12.2. The molecule has 1 amide bonds. The van der Waals surface area contributed by atoms with E-state index in [9.17, 15) is 9.59 Å². The summed E-state index contributed by atoms with van der Waals surface area (Å²) in [7, 11) is 0. The standard InChI is InChI=1S/C21H31NO2S/c1-2-9-20(24)22-21(18-12-7-4-8-13-18)19(23)16-25-15-14-17-10-5-3-6-11-17/h3,5-6,10-11,18,21H,2,4,7-9,12-16H2,1H3,(H,22,24)/t21-/m0/s1. The molecule has 1 fully saturated rings. The molecule has 138 valence electrons. The highest BCUT2D eigenvalue weighted by Crippen LogP contribution is 2.27. The second-order valence-corrected chi connectivity index (χ2v) is 8.05. The maximum atomic E-state index is 12.8. The monoisotopic (exact) mass is 361 g/mol. The van der Waals surface area contributed by atoms with E-state index in [0.29, 0.717) is 18.1 Å². The van der Waals surface area contributed by atoms with Gasteiger partial charge < -0.3 is 5.32 Å². The van der Waals surface area contributed by atoms with Crippen molar-refractivity contribution in [2.45, 2.75) is 64.3 Å². The number of hydrogen-bond donors (Lipinski definition) is 1. The van der Waals surface area contributed by atoms with E-state index in [2.05, 4.69) is 17.4 Å². The van der Waals surface area contributed by atoms with Crippen molar-refractivity contribution in [2.75, 3.05) is 11.5 Å². The summed E-state index contributed by atoms with van der Waals surface area (Å²) in [6, 6.07) is 10.1. The Morgan fingerprint density at radius 3 is 2.56 bits per heavy atom. The van der Waals surface area contributed by atoms with Gasteiger partial charge in [-0.25, -0.2) is 0 Å². The van der Waals surface area contributed by atoms with Gasteiger partial charge in [0.1, 0.15) is 0 Å². The number of aryl methyl sites for hydroxylation is 1. The Morgan fingerprint density at radius 2 is 1.88 bits per heavy atom. The maximum absolute atomic E-state index is 12.8. The summed E-state index contributed by atoms with van der Waals surface area (Å²) in [5, 5.41) is 3.04. The first-order valence-corrected chi connectivity index (χ1v) is 10.8. The van der Waals surface area contributed by atoms with Crippen molar-refractivity contribution in [2.24, 2.45) is 5.92 Å². The summed E-state index contributed by atoms with van der Waals surface area (Å²) in [6.45, 7) is 2.00. The SMILES string of the molecule is CCCC(=O)N[C@H](C(=O)CSCCc1ccccc1)C1CCCCC1. The Morgan fingerprint density at radius 1 is 1.16 bits per heavy atom. The van der Waals surface area contributed by atoms with Gasteiger partial charge in [-0.05, 0) is 42.9 Å². The average molecular weight is 362 g/mol. The number of benzene rings is 1. The van der Waals surface area contributed by atoms with Crippen LogP contribution in [0.25, 0.3) is 0 Å². The Bertz CT molecular complexity index is 526. The van der Waals surface area contributed by atoms with Gasteiger partial charge in [0, 0.05) is 6.42 Å². The average Bonchev–Trinajstić information content (AvgIpc) is 2.65. The fourth-order valence-electron chi connectivity index (χ4n) is 3.50. The molecule has 4 heteroatoms. The summed E-state index contributed by atoms with van der Waals surface area (Å²) < 4.78 is 0. The Kier molecular flexibility index (Phi) is 9.09. The van der Waals surface area contributed by atoms with Crippen LogP contribution in [-0.2, 0) is 16.0 Å². The van der Waals surface area contributed by atoms with Crippen LogP contribution in [0.3, 0.4) is 0 Å². The largest absolute Gasteiger partial charge is 0.346 e. The molecule has 0 aliphatic heterocycles. The van der Waals surface area contributed by atoms with Crippen molar-refractivity contribution in [3.8, 4) is 0 Å². The fraction of sp³-hybridized carbons (Fsp3) is 0.619. The quantitative estimate of drug-likeness (QED) is 0.628. The van der Waals surface area contributed by atoms with Gasteiger partial charge in [-0.3, -0.25) is 9.59 Å². The van der Waals surface area contributed by atoms with E-state index in [1.807, 2.05) is 25.1 Å². The Balaban J connectivity index is 1.82. The lowest BCUT2D eigenvalue weighted by Crippen LogP contribution is -2.47. The van der Waals surface area contributed by atoms with Crippen LogP contribution in [0.2, 0.25) is 0 Å². The predicted molar refractivity (Wildman–Crippen MR) is 106 cm³/mol. The number of thioether (sulfide) groups is 1. The van der Waals surface area contributed by atoms with Crippen LogP contribution in [-0.4, -0.2) is 29.2 Å². The molecule has 1 atom stereocenters. The molecule has 1 aliphatic rings. The topological polar surface area (TPSA) is 46.2 Å². The molecule has 0 unspecified atom stereocenters. The van der Waals surface area contributed by atoms with Crippen molar-refractivity contribution in [1.82, 2.24) is 5.32 Å². The Hall–Kier alpha value is -1.29. The molecule has 1 aromatic rings. The van der Waals surface area contributed by atoms with E-state index in [-0.39, 0.29) is 17.7 Å². The summed E-state index contributed by atoms with van der Waals surface area (Å²) in [5.41, 5.74) is 1.31. The molecule has 0 heterocycles. The molecule has 1 N–H and O–H groups in total. The number of carbonyl (C=O) groups is 2. The van der Waals surface area contributed by atoms with Gasteiger partial charge >= 0.3 is 0 Å². The summed E-state index contributed by atoms with van der Waals surface area (Å²) in [6.07, 6.45) is 8.07. The van der Waals surface area contributed by atoms with E-state index < -0.39 is 0 Å². The molecule has 1 aromatic carbocycles. The maximum Gasteiger partial charge on any atom is 0.220 e. The van der Waals surface area contributed by atoms with Crippen molar-refractivity contribution >= 4 is 23.5 Å². The number of rotatable bonds is 10. The molecular formula is C21H31NO2S. The van der Waals surface area contributed by atoms with E-state index >= 15 is 0 Å². The number of nitrogens with one attached hydrogen (secondary N) is 1. The van der Waals surface area contributed by atoms with E-state index in [1.54, 1.807) is 11.8 Å². The van der Waals surface area contributed by atoms with Crippen LogP contribution in [0.15, 0.2) is 30.3 Å². The molecule has 0 bridgehead atoms. The molecule has 0 aromatic heterocycles. The normalized spacial score (nSPS) is 16.4. The van der Waals surface area contributed by atoms with Crippen LogP contribution in [0.1, 0.15) is 57.4 Å². The highest BCUT2D eigenvalue weighted by atomic mass is 32.2. The molecule has 0 spiro atoms. The summed E-state index contributed by atoms with van der Waals surface area (Å²) in [5.74, 6) is 2.00. The number of Topliss-reactive ketones (excluding diaryl/α,β-unsaturated/α-hetero) is 1. The third kappa shape index (κ3) is 7.23. The Labute approximate surface area is 156 Å². The molecular weight excluding hydrogens is 330 g/mol. The van der Waals surface area contributed by atoms with Gasteiger partial charge in [0.25, 0.3) is 0 Å². The second-order valence-electron chi connectivity index (χ2n) is 6.95. The van der Waals surface area contributed by atoms with Gasteiger partial charge in [0.15, 0.2) is 5.78 Å². The number of ketones is 1. The lowest BCUT2D eigenvalue weighted by molar-refractivity contribution is -0.128. The third-order valence-electron chi connectivity index (χ3n) is 4.88. The first kappa shape index (κ1) is 20.0. The molecule has 0 saturated heterocycles. The highest BCUT2D eigenvalue weighted by molar-refractivity contribution is 7.99. The molecule has 25 heavy (non-hydrogen) atoms. The number of amides is 1. The van der Waals surface area contributed by atoms with Gasteiger partial charge in [-0.15, -0.1) is 0 Å². The van der Waals surface area contributed by atoms with Gasteiger partial charge in [0.05, 0.1) is 11.8 Å². The van der Waals surface area contributed by atoms with Crippen LogP contribution in [0.4, 0.5) is 0 Å². The fourth-order valence-corrected chi connectivity index (χ4v) is 4.40. The second kappa shape index (κ2) is 11.3. The minimum absolute atomic E-state index is 0.0284. The first-order valence-electron chi connectivity index (χ1n) is 9.64. The van der Waals surface area contributed by atoms with Crippen molar-refractivity contribution in [3.05, 3.63) is 35.9 Å². The molecule has 1 saturated carbocycles. The van der Waals surface area contributed by atoms with E-state index in [0.717, 1.165) is 31.4 Å². The predicted octanol–water partition coefficient (Wildman–Crippen LogP) is 4.40. The lowest BCUT2D eigenvalue weighted by atomic mass is 9.82. The molecule has 0 radical (unpaired) electrons. The molecule has 1 aliphatic carbocycles. The van der Waals surface area contributed by atoms with Crippen LogP contribution < -0.4 is 5.32 Å². The van der Waals surface area contributed by atoms with Gasteiger partial charge in [0.2, 0.25) is 5.91 Å². The molecule has 3 nitrogen and oxygen atoms in total. The zero-order chi connectivity index (χ0) is 17.9. The minimum Gasteiger partial charge on any atom is -0.346 e. The smallest absolute Gasteiger partial charge is 0.220 e. The lowest BCUT2D eigenvalue weighted by Gasteiger charge is -2.30. The van der Waals surface area contributed by atoms with Crippen LogP contribution in [0.5, 0.6) is 0 Å². The minimum atomic E-state index is -0.274.